The van der Waals surface area contributed by atoms with Gasteiger partial charge in [-0.1, -0.05) is 0 Å². The van der Waals surface area contributed by atoms with Crippen molar-refractivity contribution in [3.8, 4) is 0 Å². The molecule has 0 aromatic carbocycles. The van der Waals surface area contributed by atoms with Crippen molar-refractivity contribution in [3.63, 3.8) is 0 Å². The average molecular weight is 218 g/mol. The number of alkyl halides is 2. The number of esters is 1. The van der Waals surface area contributed by atoms with Crippen molar-refractivity contribution in [1.82, 2.24) is 4.84 Å². The third kappa shape index (κ3) is 2.75. The molecule has 0 spiro atoms. The fourth-order valence-electron chi connectivity index (χ4n) is 0.637. The highest BCUT2D eigenvalue weighted by atomic mass is 35.5. The minimum atomic E-state index is -3.11. The molecule has 0 saturated heterocycles. The Morgan fingerprint density at radius 3 is 2.38 bits per heavy atom. The maximum atomic E-state index is 12.2. The fourth-order valence-corrected chi connectivity index (χ4v) is 0.947. The molecule has 2 N–H and O–H groups in total. The number of carbonyl (C=O) groups excluding carboxylic acids is 1. The summed E-state index contributed by atoms with van der Waals surface area (Å²) in [5.41, 5.74) is -2.56. The molecular formula is C6H10ClF2NO3. The van der Waals surface area contributed by atoms with E-state index in [2.05, 4.69) is 4.74 Å². The van der Waals surface area contributed by atoms with E-state index in [4.69, 9.17) is 16.9 Å². The van der Waals surface area contributed by atoms with Gasteiger partial charge in [-0.05, 0) is 18.7 Å². The third-order valence-corrected chi connectivity index (χ3v) is 1.79. The first-order valence-corrected chi connectivity index (χ1v) is 3.70. The molecule has 0 aliphatic rings. The van der Waals surface area contributed by atoms with Crippen LogP contribution in [0.2, 0.25) is 0 Å². The van der Waals surface area contributed by atoms with E-state index in [1.165, 1.54) is 0 Å². The number of carbonyl (C=O) groups is 1. The van der Waals surface area contributed by atoms with Crippen LogP contribution in [0.1, 0.15) is 6.92 Å². The molecule has 0 heterocycles. The molecular weight excluding hydrogens is 208 g/mol. The van der Waals surface area contributed by atoms with Gasteiger partial charge in [-0.2, -0.15) is 0 Å². The summed E-state index contributed by atoms with van der Waals surface area (Å²) in [6, 6.07) is -1.67. The van der Waals surface area contributed by atoms with Crippen LogP contribution >= 0.6 is 11.8 Å². The number of methoxy groups -OCH3 is 1. The molecule has 0 bridgehead atoms. The Morgan fingerprint density at radius 1 is 1.69 bits per heavy atom. The SMILES string of the molecule is COC(=O)[C@@H](NCl)[C@](C)(O)C(F)F. The molecule has 0 fully saturated rings. The van der Waals surface area contributed by atoms with Gasteiger partial charge >= 0.3 is 5.97 Å². The van der Waals surface area contributed by atoms with E-state index >= 15 is 0 Å². The molecule has 0 amide bonds. The lowest BCUT2D eigenvalue weighted by Gasteiger charge is -2.28. The van der Waals surface area contributed by atoms with E-state index in [1.54, 1.807) is 4.84 Å². The van der Waals surface area contributed by atoms with Crippen LogP contribution in [0.15, 0.2) is 0 Å². The molecule has 4 nitrogen and oxygen atoms in total. The second-order valence-corrected chi connectivity index (χ2v) is 2.81. The fraction of sp³-hybridized carbons (Fsp3) is 0.833. The topological polar surface area (TPSA) is 58.6 Å². The summed E-state index contributed by atoms with van der Waals surface area (Å²) in [6.07, 6.45) is -3.11. The van der Waals surface area contributed by atoms with Crippen molar-refractivity contribution in [2.75, 3.05) is 7.11 Å². The number of ether oxygens (including phenoxy) is 1. The number of nitrogens with one attached hydrogen (secondary N) is 1. The van der Waals surface area contributed by atoms with Gasteiger partial charge in [-0.15, -0.1) is 0 Å². The first kappa shape index (κ1) is 12.5. The molecule has 78 valence electrons. The maximum Gasteiger partial charge on any atom is 0.327 e. The van der Waals surface area contributed by atoms with E-state index in [-0.39, 0.29) is 0 Å². The Hall–Kier alpha value is -0.460. The van der Waals surface area contributed by atoms with E-state index < -0.39 is 24.0 Å². The Balaban J connectivity index is 4.65. The monoisotopic (exact) mass is 217 g/mol. The highest BCUT2D eigenvalue weighted by Gasteiger charge is 2.45. The molecule has 2 atom stereocenters. The zero-order chi connectivity index (χ0) is 10.6. The second-order valence-electron chi connectivity index (χ2n) is 2.59. The van der Waals surface area contributed by atoms with Crippen LogP contribution in [-0.4, -0.2) is 36.3 Å². The van der Waals surface area contributed by atoms with Crippen molar-refractivity contribution in [1.29, 1.82) is 0 Å². The summed E-state index contributed by atoms with van der Waals surface area (Å²) in [7, 11) is 1.01. The molecule has 0 aliphatic carbocycles. The molecule has 0 unspecified atom stereocenters. The molecule has 0 aliphatic heterocycles. The van der Waals surface area contributed by atoms with Crippen molar-refractivity contribution < 1.29 is 23.4 Å². The lowest BCUT2D eigenvalue weighted by molar-refractivity contribution is -0.159. The first-order chi connectivity index (χ1) is 5.87. The lowest BCUT2D eigenvalue weighted by Crippen LogP contribution is -2.55. The summed E-state index contributed by atoms with van der Waals surface area (Å²) < 4.78 is 28.5. The summed E-state index contributed by atoms with van der Waals surface area (Å²) in [5.74, 6) is -1.06. The highest BCUT2D eigenvalue weighted by molar-refractivity contribution is 6.15. The number of halogens is 3. The van der Waals surface area contributed by atoms with Gasteiger partial charge < -0.3 is 9.84 Å². The number of aliphatic hydroxyl groups is 1. The van der Waals surface area contributed by atoms with E-state index in [0.29, 0.717) is 0 Å². The minimum Gasteiger partial charge on any atom is -0.468 e. The van der Waals surface area contributed by atoms with Crippen molar-refractivity contribution in [3.05, 3.63) is 0 Å². The molecule has 13 heavy (non-hydrogen) atoms. The number of rotatable bonds is 4. The van der Waals surface area contributed by atoms with E-state index in [0.717, 1.165) is 14.0 Å². The van der Waals surface area contributed by atoms with Gasteiger partial charge in [0.15, 0.2) is 6.04 Å². The standard InChI is InChI=1S/C6H10ClF2NO3/c1-6(12,5(8)9)3(10-7)4(11)13-2/h3,5,10,12H,1-2H3/t3-,6+/m1/s1. The van der Waals surface area contributed by atoms with Crippen molar-refractivity contribution >= 4 is 17.7 Å². The first-order valence-electron chi connectivity index (χ1n) is 3.32. The largest absolute Gasteiger partial charge is 0.468 e. The summed E-state index contributed by atoms with van der Waals surface area (Å²) in [5, 5.41) is 9.16. The summed E-state index contributed by atoms with van der Waals surface area (Å²) >= 11 is 5.03. The summed E-state index contributed by atoms with van der Waals surface area (Å²) in [6.45, 7) is 0.786. The molecule has 0 aromatic rings. The number of hydrogen-bond donors (Lipinski definition) is 2. The summed E-state index contributed by atoms with van der Waals surface area (Å²) in [4.78, 5) is 12.6. The molecule has 0 rings (SSSR count). The van der Waals surface area contributed by atoms with Crippen molar-refractivity contribution in [2.45, 2.75) is 25.0 Å². The van der Waals surface area contributed by atoms with E-state index in [1.807, 2.05) is 0 Å². The predicted molar refractivity (Wildman–Crippen MR) is 41.4 cm³/mol. The minimum absolute atomic E-state index is 0.786. The predicted octanol–water partition coefficient (Wildman–Crippen LogP) is 0.287. The zero-order valence-corrected chi connectivity index (χ0v) is 7.81. The normalized spacial score (nSPS) is 18.1. The van der Waals surface area contributed by atoms with Crippen LogP contribution in [0.4, 0.5) is 8.78 Å². The molecule has 0 aromatic heterocycles. The van der Waals surface area contributed by atoms with Gasteiger partial charge in [0.1, 0.15) is 5.60 Å². The van der Waals surface area contributed by atoms with Crippen LogP contribution in [0.5, 0.6) is 0 Å². The Bertz CT molecular complexity index is 189. The van der Waals surface area contributed by atoms with Gasteiger partial charge in [0, 0.05) is 0 Å². The van der Waals surface area contributed by atoms with Gasteiger partial charge in [-0.25, -0.2) is 13.6 Å². The van der Waals surface area contributed by atoms with Gasteiger partial charge in [-0.3, -0.25) is 4.79 Å². The quantitative estimate of drug-likeness (QED) is 0.525. The highest BCUT2D eigenvalue weighted by Crippen LogP contribution is 2.20. The van der Waals surface area contributed by atoms with Gasteiger partial charge in [0.25, 0.3) is 6.43 Å². The molecule has 0 radical (unpaired) electrons. The van der Waals surface area contributed by atoms with Crippen LogP contribution in [-0.2, 0) is 9.53 Å². The van der Waals surface area contributed by atoms with Crippen molar-refractivity contribution in [2.24, 2.45) is 0 Å². The van der Waals surface area contributed by atoms with E-state index in [9.17, 15) is 13.6 Å². The Labute approximate surface area is 78.9 Å². The maximum absolute atomic E-state index is 12.2. The van der Waals surface area contributed by atoms with Crippen LogP contribution in [0.25, 0.3) is 0 Å². The lowest BCUT2D eigenvalue weighted by atomic mass is 9.98. The Kier molecular flexibility index (Phi) is 4.52. The van der Waals surface area contributed by atoms with Crippen LogP contribution in [0, 0.1) is 0 Å². The Morgan fingerprint density at radius 2 is 2.15 bits per heavy atom. The van der Waals surface area contributed by atoms with Crippen LogP contribution in [0.3, 0.4) is 0 Å². The average Bonchev–Trinajstić information content (AvgIpc) is 2.04. The number of hydrogen-bond acceptors (Lipinski definition) is 4. The van der Waals surface area contributed by atoms with Crippen LogP contribution < -0.4 is 4.84 Å². The molecule has 0 saturated carbocycles. The smallest absolute Gasteiger partial charge is 0.327 e. The van der Waals surface area contributed by atoms with Gasteiger partial charge in [0.2, 0.25) is 0 Å². The second kappa shape index (κ2) is 4.69. The third-order valence-electron chi connectivity index (χ3n) is 1.57. The molecule has 7 heteroatoms. The zero-order valence-electron chi connectivity index (χ0n) is 7.05. The van der Waals surface area contributed by atoms with Gasteiger partial charge in [0.05, 0.1) is 7.11 Å².